The number of ether oxygens (including phenoxy) is 2. The molecule has 0 bridgehead atoms. The zero-order chi connectivity index (χ0) is 16.8. The third-order valence-electron chi connectivity index (χ3n) is 4.80. The monoisotopic (exact) mass is 336 g/mol. The topological polar surface area (TPSA) is 59.6 Å². The molecule has 5 nitrogen and oxygen atoms in total. The van der Waals surface area contributed by atoms with E-state index in [9.17, 15) is 9.18 Å². The number of carbonyl (C=O) groups excluding carboxylic acids is 1. The number of nitrogens with one attached hydrogen (secondary N) is 2. The molecule has 1 spiro atoms. The predicted octanol–water partition coefficient (Wildman–Crippen LogP) is 3.00. The van der Waals surface area contributed by atoms with Crippen molar-refractivity contribution in [1.29, 1.82) is 0 Å². The van der Waals surface area contributed by atoms with E-state index in [1.165, 1.54) is 25.0 Å². The average molecular weight is 336 g/mol. The Kier molecular flexibility index (Phi) is 5.56. The van der Waals surface area contributed by atoms with Gasteiger partial charge < -0.3 is 20.1 Å². The molecule has 3 rings (SSSR count). The summed E-state index contributed by atoms with van der Waals surface area (Å²) in [4.78, 5) is 12.0. The molecule has 2 fully saturated rings. The van der Waals surface area contributed by atoms with Crippen LogP contribution >= 0.6 is 0 Å². The summed E-state index contributed by atoms with van der Waals surface area (Å²) >= 11 is 0. The summed E-state index contributed by atoms with van der Waals surface area (Å²) in [6.07, 6.45) is 6.41. The second-order valence-corrected chi connectivity index (χ2v) is 6.63. The highest BCUT2D eigenvalue weighted by molar-refractivity contribution is 5.74. The van der Waals surface area contributed by atoms with E-state index in [1.807, 2.05) is 0 Å². The van der Waals surface area contributed by atoms with Crippen LogP contribution in [0, 0.1) is 5.82 Å². The molecule has 1 aromatic rings. The fraction of sp³-hybridized carbons (Fsp3) is 0.611. The molecule has 2 aliphatic rings. The fourth-order valence-corrected chi connectivity index (χ4v) is 3.65. The minimum Gasteiger partial charge on any atom is -0.492 e. The van der Waals surface area contributed by atoms with Gasteiger partial charge >= 0.3 is 6.03 Å². The molecule has 132 valence electrons. The summed E-state index contributed by atoms with van der Waals surface area (Å²) in [6.45, 7) is 1.39. The Balaban J connectivity index is 1.35. The average Bonchev–Trinajstić information content (AvgIpc) is 2.99. The molecule has 1 aromatic carbocycles. The molecule has 1 atom stereocenters. The fourth-order valence-electron chi connectivity index (χ4n) is 3.65. The van der Waals surface area contributed by atoms with Crippen molar-refractivity contribution in [1.82, 2.24) is 10.6 Å². The third kappa shape index (κ3) is 4.60. The normalized spacial score (nSPS) is 22.3. The first kappa shape index (κ1) is 17.0. The van der Waals surface area contributed by atoms with E-state index in [1.54, 1.807) is 12.1 Å². The zero-order valence-corrected chi connectivity index (χ0v) is 13.9. The summed E-state index contributed by atoms with van der Waals surface area (Å²) in [5.41, 5.74) is -0.00328. The molecule has 2 N–H and O–H groups in total. The number of urea groups is 1. The Morgan fingerprint density at radius 1 is 1.38 bits per heavy atom. The molecule has 6 heteroatoms. The van der Waals surface area contributed by atoms with E-state index in [2.05, 4.69) is 10.6 Å². The van der Waals surface area contributed by atoms with Crippen LogP contribution in [0.15, 0.2) is 24.3 Å². The van der Waals surface area contributed by atoms with Crippen LogP contribution in [-0.2, 0) is 4.74 Å². The van der Waals surface area contributed by atoms with Crippen molar-refractivity contribution < 1.29 is 18.7 Å². The molecule has 0 radical (unpaired) electrons. The van der Waals surface area contributed by atoms with Gasteiger partial charge in [0.1, 0.15) is 18.2 Å². The molecular weight excluding hydrogens is 311 g/mol. The van der Waals surface area contributed by atoms with Crippen molar-refractivity contribution in [2.45, 2.75) is 50.2 Å². The van der Waals surface area contributed by atoms with Crippen LogP contribution in [0.3, 0.4) is 0 Å². The summed E-state index contributed by atoms with van der Waals surface area (Å²) in [6, 6.07) is 5.95. The third-order valence-corrected chi connectivity index (χ3v) is 4.80. The van der Waals surface area contributed by atoms with E-state index in [4.69, 9.17) is 9.47 Å². The number of hydrogen-bond donors (Lipinski definition) is 2. The molecule has 24 heavy (non-hydrogen) atoms. The van der Waals surface area contributed by atoms with Crippen molar-refractivity contribution in [3.8, 4) is 5.75 Å². The quantitative estimate of drug-likeness (QED) is 0.813. The van der Waals surface area contributed by atoms with Crippen molar-refractivity contribution in [3.05, 3.63) is 30.1 Å². The van der Waals surface area contributed by atoms with Gasteiger partial charge in [0.2, 0.25) is 0 Å². The lowest BCUT2D eigenvalue weighted by Gasteiger charge is -2.38. The Bertz CT molecular complexity index is 561. The van der Waals surface area contributed by atoms with E-state index < -0.39 is 0 Å². The van der Waals surface area contributed by atoms with Crippen molar-refractivity contribution in [2.24, 2.45) is 0 Å². The highest BCUT2D eigenvalue weighted by atomic mass is 19.1. The molecule has 1 saturated carbocycles. The van der Waals surface area contributed by atoms with Gasteiger partial charge in [-0.15, -0.1) is 0 Å². The molecule has 1 aliphatic heterocycles. The maximum Gasteiger partial charge on any atom is 0.315 e. The van der Waals surface area contributed by atoms with Crippen molar-refractivity contribution in [2.75, 3.05) is 19.8 Å². The summed E-state index contributed by atoms with van der Waals surface area (Å²) in [7, 11) is 0. The van der Waals surface area contributed by atoms with Gasteiger partial charge in [-0.1, -0.05) is 18.9 Å². The summed E-state index contributed by atoms with van der Waals surface area (Å²) in [5, 5.41) is 5.82. The van der Waals surface area contributed by atoms with Gasteiger partial charge in [-0.3, -0.25) is 0 Å². The number of rotatable bonds is 5. The zero-order valence-electron chi connectivity index (χ0n) is 13.9. The summed E-state index contributed by atoms with van der Waals surface area (Å²) in [5.74, 6) is 0.128. The highest BCUT2D eigenvalue weighted by Crippen LogP contribution is 2.39. The lowest BCUT2D eigenvalue weighted by atomic mass is 9.89. The molecular formula is C18H25FN2O3. The summed E-state index contributed by atoms with van der Waals surface area (Å²) < 4.78 is 24.4. The highest BCUT2D eigenvalue weighted by Gasteiger charge is 2.40. The van der Waals surface area contributed by atoms with E-state index in [-0.39, 0.29) is 23.5 Å². The molecule has 1 heterocycles. The molecule has 0 aromatic heterocycles. The number of amides is 2. The van der Waals surface area contributed by atoms with Crippen LogP contribution < -0.4 is 15.4 Å². The second-order valence-electron chi connectivity index (χ2n) is 6.63. The van der Waals surface area contributed by atoms with Gasteiger partial charge in [-0.25, -0.2) is 9.18 Å². The van der Waals surface area contributed by atoms with E-state index in [0.29, 0.717) is 25.5 Å². The maximum atomic E-state index is 13.0. The van der Waals surface area contributed by atoms with Gasteiger partial charge in [0, 0.05) is 18.7 Å². The van der Waals surface area contributed by atoms with Crippen LogP contribution in [0.2, 0.25) is 0 Å². The van der Waals surface area contributed by atoms with Crippen LogP contribution in [0.4, 0.5) is 9.18 Å². The minimum absolute atomic E-state index is 0.00328. The largest absolute Gasteiger partial charge is 0.492 e. The van der Waals surface area contributed by atoms with Gasteiger partial charge in [0.05, 0.1) is 12.1 Å². The van der Waals surface area contributed by atoms with Gasteiger partial charge in [0.15, 0.2) is 0 Å². The Labute approximate surface area is 141 Å². The maximum absolute atomic E-state index is 13.0. The van der Waals surface area contributed by atoms with Gasteiger partial charge in [0.25, 0.3) is 0 Å². The first-order chi connectivity index (χ1) is 11.7. The first-order valence-electron chi connectivity index (χ1n) is 8.72. The van der Waals surface area contributed by atoms with Crippen molar-refractivity contribution in [3.63, 3.8) is 0 Å². The Morgan fingerprint density at radius 2 is 2.21 bits per heavy atom. The predicted molar refractivity (Wildman–Crippen MR) is 88.6 cm³/mol. The Hall–Kier alpha value is -1.82. The lowest BCUT2D eigenvalue weighted by molar-refractivity contribution is -0.0820. The standard InChI is InChI=1S/C18H25FN2O3/c19-14-4-3-5-16(12-14)23-11-9-20-17(22)21-15-6-10-24-18(13-15)7-1-2-8-18/h3-5,12,15H,1-2,6-11,13H2,(H2,20,21,22)/t15-/m1/s1. The van der Waals surface area contributed by atoms with Crippen LogP contribution in [0.1, 0.15) is 38.5 Å². The SMILES string of the molecule is O=C(NCCOc1cccc(F)c1)N[C@@H]1CCOC2(CCCC2)C1. The smallest absolute Gasteiger partial charge is 0.315 e. The first-order valence-corrected chi connectivity index (χ1v) is 8.72. The number of hydrogen-bond acceptors (Lipinski definition) is 3. The number of halogens is 1. The lowest BCUT2D eigenvalue weighted by Crippen LogP contribution is -2.50. The Morgan fingerprint density at radius 3 is 3.00 bits per heavy atom. The number of benzene rings is 1. The number of carbonyl (C=O) groups is 1. The van der Waals surface area contributed by atoms with E-state index >= 15 is 0 Å². The molecule has 1 aliphatic carbocycles. The molecule has 0 unspecified atom stereocenters. The van der Waals surface area contributed by atoms with Gasteiger partial charge in [-0.2, -0.15) is 0 Å². The second kappa shape index (κ2) is 7.83. The van der Waals surface area contributed by atoms with Crippen LogP contribution in [0.5, 0.6) is 5.75 Å². The van der Waals surface area contributed by atoms with Crippen molar-refractivity contribution >= 4 is 6.03 Å². The van der Waals surface area contributed by atoms with Crippen LogP contribution in [-0.4, -0.2) is 37.4 Å². The molecule has 1 saturated heterocycles. The van der Waals surface area contributed by atoms with Gasteiger partial charge in [-0.05, 0) is 37.8 Å². The minimum atomic E-state index is -0.335. The van der Waals surface area contributed by atoms with E-state index in [0.717, 1.165) is 25.7 Å². The molecule has 2 amide bonds. The van der Waals surface area contributed by atoms with Crippen LogP contribution in [0.25, 0.3) is 0 Å².